The maximum absolute atomic E-state index is 11.5. The topological polar surface area (TPSA) is 56.7 Å². The van der Waals surface area contributed by atoms with Crippen LogP contribution in [0.3, 0.4) is 0 Å². The Balaban J connectivity index is 1.73. The van der Waals surface area contributed by atoms with E-state index in [4.69, 9.17) is 0 Å². The van der Waals surface area contributed by atoms with E-state index in [-0.39, 0.29) is 11.8 Å². The number of rotatable bonds is 4. The molecular weight excluding hydrogens is 288 g/mol. The number of hydrogen-bond donors (Lipinski definition) is 2. The maximum atomic E-state index is 11.5. The molecule has 0 saturated carbocycles. The van der Waals surface area contributed by atoms with E-state index < -0.39 is 0 Å². The summed E-state index contributed by atoms with van der Waals surface area (Å²) >= 11 is 0. The number of piperidine rings is 1. The number of nitrogens with one attached hydrogen (secondary N) is 2. The smallest absolute Gasteiger partial charge is 0.240 e. The lowest BCUT2D eigenvalue weighted by Gasteiger charge is -2.30. The third kappa shape index (κ3) is 6.02. The van der Waals surface area contributed by atoms with E-state index in [1.807, 2.05) is 20.8 Å². The summed E-state index contributed by atoms with van der Waals surface area (Å²) in [6.07, 6.45) is 2.12. The van der Waals surface area contributed by atoms with Crippen LogP contribution in [0.25, 0.3) is 0 Å². The van der Waals surface area contributed by atoms with Gasteiger partial charge in [0, 0.05) is 25.6 Å². The first-order valence-corrected chi connectivity index (χ1v) is 8.41. The van der Waals surface area contributed by atoms with Crippen molar-refractivity contribution in [3.63, 3.8) is 0 Å². The molecule has 0 aromatic heterocycles. The van der Waals surface area contributed by atoms with Gasteiger partial charge < -0.3 is 0 Å². The van der Waals surface area contributed by atoms with Crippen molar-refractivity contribution < 1.29 is 4.79 Å². The van der Waals surface area contributed by atoms with E-state index in [9.17, 15) is 4.79 Å². The highest BCUT2D eigenvalue weighted by Crippen LogP contribution is 2.16. The largest absolute Gasteiger partial charge is 0.299 e. The molecule has 1 aliphatic rings. The molecule has 2 N–H and O–H groups in total. The lowest BCUT2D eigenvalue weighted by Crippen LogP contribution is -2.43. The zero-order chi connectivity index (χ0) is 16.7. The predicted octanol–water partition coefficient (Wildman–Crippen LogP) is 2.35. The van der Waals surface area contributed by atoms with Crippen molar-refractivity contribution in [1.82, 2.24) is 15.8 Å². The number of hydrogen-bond acceptors (Lipinski definition) is 3. The van der Waals surface area contributed by atoms with Crippen molar-refractivity contribution in [2.75, 3.05) is 13.1 Å². The zero-order valence-corrected chi connectivity index (χ0v) is 14.4. The number of nitrogens with zero attached hydrogens (tertiary/aromatic N) is 2. The molecule has 1 fully saturated rings. The number of carbonyl (C=O) groups excluding carboxylic acids is 1. The van der Waals surface area contributed by atoms with Gasteiger partial charge in [-0.1, -0.05) is 44.2 Å². The minimum Gasteiger partial charge on any atom is -0.299 e. The van der Waals surface area contributed by atoms with Gasteiger partial charge in [-0.2, -0.15) is 0 Å². The van der Waals surface area contributed by atoms with Gasteiger partial charge in [0.25, 0.3) is 0 Å². The van der Waals surface area contributed by atoms with Crippen molar-refractivity contribution in [3.8, 4) is 0 Å². The Kier molecular flexibility index (Phi) is 6.59. The first kappa shape index (κ1) is 17.5. The van der Waals surface area contributed by atoms with Crippen molar-refractivity contribution in [2.24, 2.45) is 10.9 Å². The first-order chi connectivity index (χ1) is 11.0. The fraction of sp³-hybridized carbons (Fsp3) is 0.556. The van der Waals surface area contributed by atoms with Crippen molar-refractivity contribution in [2.45, 2.75) is 46.2 Å². The van der Waals surface area contributed by atoms with Gasteiger partial charge in [-0.15, -0.1) is 0 Å². The second-order valence-electron chi connectivity index (χ2n) is 6.48. The third-order valence-electron chi connectivity index (χ3n) is 4.07. The summed E-state index contributed by atoms with van der Waals surface area (Å²) in [7, 11) is 0. The average molecular weight is 316 g/mol. The van der Waals surface area contributed by atoms with E-state index >= 15 is 0 Å². The third-order valence-corrected chi connectivity index (χ3v) is 4.07. The fourth-order valence-corrected chi connectivity index (χ4v) is 2.65. The molecule has 0 spiro atoms. The van der Waals surface area contributed by atoms with E-state index in [0.29, 0.717) is 6.04 Å². The molecule has 0 aliphatic carbocycles. The van der Waals surface area contributed by atoms with E-state index in [2.05, 4.69) is 51.1 Å². The Bertz CT molecular complexity index is 519. The number of aliphatic imine (C=N–C) groups is 1. The first-order valence-electron chi connectivity index (χ1n) is 8.41. The van der Waals surface area contributed by atoms with Crippen LogP contribution in [-0.2, 0) is 11.3 Å². The molecule has 126 valence electrons. The molecule has 0 radical (unpaired) electrons. The van der Waals surface area contributed by atoms with E-state index in [0.717, 1.165) is 38.3 Å². The quantitative estimate of drug-likeness (QED) is 0.509. The normalized spacial score (nSPS) is 17.3. The van der Waals surface area contributed by atoms with Crippen molar-refractivity contribution >= 4 is 11.7 Å². The summed E-state index contributed by atoms with van der Waals surface area (Å²) in [4.78, 5) is 18.7. The number of likely N-dealkylation sites (tertiary alicyclic amines) is 1. The van der Waals surface area contributed by atoms with E-state index in [1.165, 1.54) is 5.56 Å². The number of hydrazine groups is 1. The molecule has 23 heavy (non-hydrogen) atoms. The van der Waals surface area contributed by atoms with Crippen LogP contribution in [0.4, 0.5) is 0 Å². The Morgan fingerprint density at radius 1 is 1.22 bits per heavy atom. The molecule has 0 bridgehead atoms. The molecule has 1 aromatic carbocycles. The van der Waals surface area contributed by atoms with Gasteiger partial charge in [0.15, 0.2) is 0 Å². The second-order valence-corrected chi connectivity index (χ2v) is 6.48. The van der Waals surface area contributed by atoms with Gasteiger partial charge in [0.1, 0.15) is 5.84 Å². The standard InChI is InChI=1S/C18H28N4O/c1-14(2)18(23)21-20-15(3)19-17-9-11-22(12-10-17)13-16-7-5-4-6-8-16/h4-8,14,17H,9-13H2,1-3H3,(H,19,20)(H,21,23). The van der Waals surface area contributed by atoms with Crippen molar-refractivity contribution in [1.29, 1.82) is 0 Å². The van der Waals surface area contributed by atoms with Gasteiger partial charge in [-0.25, -0.2) is 0 Å². The molecule has 1 aliphatic heterocycles. The Hall–Kier alpha value is -1.88. The zero-order valence-electron chi connectivity index (χ0n) is 14.4. The summed E-state index contributed by atoms with van der Waals surface area (Å²) in [5, 5.41) is 0. The lowest BCUT2D eigenvalue weighted by atomic mass is 10.0. The summed E-state index contributed by atoms with van der Waals surface area (Å²) in [5.41, 5.74) is 6.95. The van der Waals surface area contributed by atoms with Crippen LogP contribution in [0, 0.1) is 5.92 Å². The summed E-state index contributed by atoms with van der Waals surface area (Å²) in [6, 6.07) is 10.9. The van der Waals surface area contributed by atoms with Crippen LogP contribution < -0.4 is 10.9 Å². The Morgan fingerprint density at radius 3 is 2.48 bits per heavy atom. The fourth-order valence-electron chi connectivity index (χ4n) is 2.65. The monoisotopic (exact) mass is 316 g/mol. The summed E-state index contributed by atoms with van der Waals surface area (Å²) in [6.45, 7) is 8.77. The minimum absolute atomic E-state index is 0.0165. The molecule has 1 amide bonds. The average Bonchev–Trinajstić information content (AvgIpc) is 2.55. The molecule has 0 atom stereocenters. The molecular formula is C18H28N4O. The number of amides is 1. The highest BCUT2D eigenvalue weighted by atomic mass is 16.2. The summed E-state index contributed by atoms with van der Waals surface area (Å²) in [5.74, 6) is 0.731. The van der Waals surface area contributed by atoms with Gasteiger partial charge in [-0.05, 0) is 25.3 Å². The van der Waals surface area contributed by atoms with Gasteiger partial charge in [-0.3, -0.25) is 25.5 Å². The van der Waals surface area contributed by atoms with Crippen LogP contribution in [0.15, 0.2) is 35.3 Å². The van der Waals surface area contributed by atoms with Crippen molar-refractivity contribution in [3.05, 3.63) is 35.9 Å². The molecule has 1 aromatic rings. The molecule has 1 saturated heterocycles. The molecule has 0 unspecified atom stereocenters. The molecule has 2 rings (SSSR count). The number of amidine groups is 1. The minimum atomic E-state index is -0.0310. The van der Waals surface area contributed by atoms with Crippen LogP contribution in [0.2, 0.25) is 0 Å². The van der Waals surface area contributed by atoms with Gasteiger partial charge in [0.2, 0.25) is 5.91 Å². The summed E-state index contributed by atoms with van der Waals surface area (Å²) < 4.78 is 0. The van der Waals surface area contributed by atoms with Gasteiger partial charge >= 0.3 is 0 Å². The number of carbonyl (C=O) groups is 1. The highest BCUT2D eigenvalue weighted by molar-refractivity contribution is 5.84. The lowest BCUT2D eigenvalue weighted by molar-refractivity contribution is -0.124. The van der Waals surface area contributed by atoms with Crippen LogP contribution in [0.5, 0.6) is 0 Å². The predicted molar refractivity (Wildman–Crippen MR) is 94.0 cm³/mol. The van der Waals surface area contributed by atoms with Gasteiger partial charge in [0.05, 0.1) is 6.04 Å². The second kappa shape index (κ2) is 8.67. The number of benzene rings is 1. The maximum Gasteiger partial charge on any atom is 0.240 e. The van der Waals surface area contributed by atoms with Crippen LogP contribution in [-0.4, -0.2) is 35.8 Å². The van der Waals surface area contributed by atoms with Crippen LogP contribution in [0.1, 0.15) is 39.2 Å². The highest BCUT2D eigenvalue weighted by Gasteiger charge is 2.18. The molecule has 1 heterocycles. The van der Waals surface area contributed by atoms with E-state index in [1.54, 1.807) is 0 Å². The molecule has 5 heteroatoms. The Labute approximate surface area is 139 Å². The Morgan fingerprint density at radius 2 is 1.87 bits per heavy atom. The SMILES string of the molecule is CC(=NC1CCN(Cc2ccccc2)CC1)NNC(=O)C(C)C. The molecule has 5 nitrogen and oxygen atoms in total. The van der Waals surface area contributed by atoms with Crippen LogP contribution >= 0.6 is 0 Å².